The Morgan fingerprint density at radius 1 is 1.00 bits per heavy atom. The molecule has 5 heteroatoms. The first-order valence-corrected chi connectivity index (χ1v) is 7.50. The van der Waals surface area contributed by atoms with Crippen molar-refractivity contribution in [1.82, 2.24) is 0 Å². The lowest BCUT2D eigenvalue weighted by Crippen LogP contribution is -2.05. The standard InChI is InChI=1S/C17H11F3OS/c1-22-15-9-2-12(3-10-15)4-11-16(21)13-5-7-14(8-6-13)17(18,19)20/h2-3,5-10H,1H3. The van der Waals surface area contributed by atoms with Gasteiger partial charge in [0.05, 0.1) is 5.56 Å². The van der Waals surface area contributed by atoms with Gasteiger partial charge in [-0.1, -0.05) is 5.92 Å². The van der Waals surface area contributed by atoms with E-state index in [1.807, 2.05) is 18.4 Å². The number of halogens is 3. The van der Waals surface area contributed by atoms with Gasteiger partial charge in [0.2, 0.25) is 5.78 Å². The number of hydrogen-bond acceptors (Lipinski definition) is 2. The van der Waals surface area contributed by atoms with Crippen LogP contribution in [0.15, 0.2) is 53.4 Å². The van der Waals surface area contributed by atoms with Crippen molar-refractivity contribution in [2.75, 3.05) is 6.26 Å². The van der Waals surface area contributed by atoms with E-state index >= 15 is 0 Å². The number of alkyl halides is 3. The Hall–Kier alpha value is -2.19. The number of benzene rings is 2. The number of rotatable bonds is 2. The molecule has 1 nitrogen and oxygen atoms in total. The molecule has 0 aliphatic carbocycles. The van der Waals surface area contributed by atoms with E-state index in [1.165, 1.54) is 0 Å². The lowest BCUT2D eigenvalue weighted by Gasteiger charge is -2.05. The molecule has 2 aromatic rings. The number of hydrogen-bond donors (Lipinski definition) is 0. The zero-order valence-electron chi connectivity index (χ0n) is 11.6. The SMILES string of the molecule is CSc1ccc(C#CC(=O)c2ccc(C(F)(F)F)cc2)cc1. The smallest absolute Gasteiger partial charge is 0.279 e. The van der Waals surface area contributed by atoms with Crippen molar-refractivity contribution < 1.29 is 18.0 Å². The monoisotopic (exact) mass is 320 g/mol. The lowest BCUT2D eigenvalue weighted by molar-refractivity contribution is -0.137. The fraction of sp³-hybridized carbons (Fsp3) is 0.118. The van der Waals surface area contributed by atoms with Gasteiger partial charge in [-0.05, 0) is 60.7 Å². The molecule has 0 aromatic heterocycles. The van der Waals surface area contributed by atoms with Crippen molar-refractivity contribution >= 4 is 17.5 Å². The van der Waals surface area contributed by atoms with Gasteiger partial charge in [0.15, 0.2) is 0 Å². The summed E-state index contributed by atoms with van der Waals surface area (Å²) in [7, 11) is 0. The highest BCUT2D eigenvalue weighted by Crippen LogP contribution is 2.29. The van der Waals surface area contributed by atoms with E-state index in [-0.39, 0.29) is 5.56 Å². The van der Waals surface area contributed by atoms with Crippen molar-refractivity contribution in [3.8, 4) is 11.8 Å². The Kier molecular flexibility index (Phi) is 4.94. The van der Waals surface area contributed by atoms with E-state index in [0.29, 0.717) is 5.56 Å². The third-order valence-corrected chi connectivity index (χ3v) is 3.63. The second-order valence-corrected chi connectivity index (χ2v) is 5.26. The summed E-state index contributed by atoms with van der Waals surface area (Å²) < 4.78 is 37.3. The molecular formula is C17H11F3OS. The average Bonchev–Trinajstić information content (AvgIpc) is 2.52. The highest BCUT2D eigenvalue weighted by molar-refractivity contribution is 7.98. The predicted molar refractivity (Wildman–Crippen MR) is 80.9 cm³/mol. The van der Waals surface area contributed by atoms with Crippen LogP contribution < -0.4 is 0 Å². The second kappa shape index (κ2) is 6.71. The molecule has 0 spiro atoms. The van der Waals surface area contributed by atoms with Crippen LogP contribution in [0.25, 0.3) is 0 Å². The maximum atomic E-state index is 12.4. The molecule has 0 amide bonds. The predicted octanol–water partition coefficient (Wildman–Crippen LogP) is 4.66. The Morgan fingerprint density at radius 3 is 2.09 bits per heavy atom. The molecule has 0 fully saturated rings. The molecule has 0 saturated carbocycles. The van der Waals surface area contributed by atoms with E-state index < -0.39 is 17.5 Å². The molecule has 0 saturated heterocycles. The summed E-state index contributed by atoms with van der Waals surface area (Å²) in [6, 6.07) is 11.4. The number of ketones is 1. The van der Waals surface area contributed by atoms with Gasteiger partial charge in [-0.25, -0.2) is 0 Å². The molecule has 0 atom stereocenters. The molecule has 0 N–H and O–H groups in total. The molecule has 0 aliphatic rings. The van der Waals surface area contributed by atoms with Crippen molar-refractivity contribution in [3.05, 3.63) is 65.2 Å². The minimum atomic E-state index is -4.41. The molecular weight excluding hydrogens is 309 g/mol. The van der Waals surface area contributed by atoms with E-state index in [1.54, 1.807) is 23.9 Å². The molecule has 112 valence electrons. The van der Waals surface area contributed by atoms with Crippen LogP contribution in [0.2, 0.25) is 0 Å². The van der Waals surface area contributed by atoms with Gasteiger partial charge >= 0.3 is 6.18 Å². The van der Waals surface area contributed by atoms with E-state index in [9.17, 15) is 18.0 Å². The van der Waals surface area contributed by atoms with Crippen LogP contribution in [-0.2, 0) is 6.18 Å². The Bertz CT molecular complexity index is 720. The summed E-state index contributed by atoms with van der Waals surface area (Å²) in [5.74, 6) is 4.63. The molecule has 0 aliphatic heterocycles. The summed E-state index contributed by atoms with van der Waals surface area (Å²) >= 11 is 1.60. The van der Waals surface area contributed by atoms with Gasteiger partial charge in [-0.2, -0.15) is 13.2 Å². The Balaban J connectivity index is 2.14. The number of carbonyl (C=O) groups excluding carboxylic acids is 1. The first kappa shape index (κ1) is 16.2. The average molecular weight is 320 g/mol. The molecule has 0 radical (unpaired) electrons. The summed E-state index contributed by atoms with van der Waals surface area (Å²) in [5.41, 5.74) is 0.0314. The first-order chi connectivity index (χ1) is 10.4. The number of Topliss-reactive ketones (excluding diaryl/α,β-unsaturated/α-hetero) is 1. The van der Waals surface area contributed by atoms with Crippen molar-refractivity contribution in [3.63, 3.8) is 0 Å². The van der Waals surface area contributed by atoms with Crippen LogP contribution in [-0.4, -0.2) is 12.0 Å². The molecule has 2 aromatic carbocycles. The van der Waals surface area contributed by atoms with Crippen LogP contribution in [0.5, 0.6) is 0 Å². The van der Waals surface area contributed by atoms with Gasteiger partial charge in [0, 0.05) is 16.0 Å². The molecule has 0 unspecified atom stereocenters. The molecule has 0 bridgehead atoms. The van der Waals surface area contributed by atoms with Crippen molar-refractivity contribution in [2.24, 2.45) is 0 Å². The first-order valence-electron chi connectivity index (χ1n) is 6.28. The molecule has 22 heavy (non-hydrogen) atoms. The maximum absolute atomic E-state index is 12.4. The third-order valence-electron chi connectivity index (χ3n) is 2.88. The second-order valence-electron chi connectivity index (χ2n) is 4.38. The highest BCUT2D eigenvalue weighted by atomic mass is 32.2. The van der Waals surface area contributed by atoms with Crippen molar-refractivity contribution in [2.45, 2.75) is 11.1 Å². The minimum absolute atomic E-state index is 0.140. The third kappa shape index (κ3) is 4.15. The summed E-state index contributed by atoms with van der Waals surface area (Å²) in [6.45, 7) is 0. The molecule has 0 heterocycles. The zero-order valence-corrected chi connectivity index (χ0v) is 12.4. The van der Waals surface area contributed by atoms with Gasteiger partial charge in [0.25, 0.3) is 0 Å². The topological polar surface area (TPSA) is 17.1 Å². The van der Waals surface area contributed by atoms with E-state index in [4.69, 9.17) is 0 Å². The number of thioether (sulfide) groups is 1. The van der Waals surface area contributed by atoms with Crippen LogP contribution in [0, 0.1) is 11.8 Å². The van der Waals surface area contributed by atoms with Crippen LogP contribution in [0.4, 0.5) is 13.2 Å². The summed E-state index contributed by atoms with van der Waals surface area (Å²) in [5, 5.41) is 0. The van der Waals surface area contributed by atoms with Gasteiger partial charge in [-0.3, -0.25) is 4.79 Å². The maximum Gasteiger partial charge on any atom is 0.416 e. The normalized spacial score (nSPS) is 10.7. The highest BCUT2D eigenvalue weighted by Gasteiger charge is 2.30. The molecule has 2 rings (SSSR count). The van der Waals surface area contributed by atoms with E-state index in [0.717, 1.165) is 29.2 Å². The minimum Gasteiger partial charge on any atom is -0.279 e. The Morgan fingerprint density at radius 2 is 1.59 bits per heavy atom. The van der Waals surface area contributed by atoms with Crippen molar-refractivity contribution in [1.29, 1.82) is 0 Å². The summed E-state index contributed by atoms with van der Waals surface area (Å²) in [4.78, 5) is 12.9. The Labute approximate surface area is 130 Å². The van der Waals surface area contributed by atoms with Crippen LogP contribution in [0.1, 0.15) is 21.5 Å². The fourth-order valence-corrected chi connectivity index (χ4v) is 2.09. The zero-order chi connectivity index (χ0) is 16.2. The van der Waals surface area contributed by atoms with Gasteiger partial charge in [-0.15, -0.1) is 11.8 Å². The van der Waals surface area contributed by atoms with Gasteiger partial charge < -0.3 is 0 Å². The van der Waals surface area contributed by atoms with Gasteiger partial charge in [0.1, 0.15) is 0 Å². The quantitative estimate of drug-likeness (QED) is 0.455. The number of carbonyl (C=O) groups is 1. The lowest BCUT2D eigenvalue weighted by atomic mass is 10.1. The largest absolute Gasteiger partial charge is 0.416 e. The van der Waals surface area contributed by atoms with E-state index in [2.05, 4.69) is 11.8 Å². The summed E-state index contributed by atoms with van der Waals surface area (Å²) in [6.07, 6.45) is -2.46. The fourth-order valence-electron chi connectivity index (χ4n) is 1.69. The van der Waals surface area contributed by atoms with Crippen LogP contribution in [0.3, 0.4) is 0 Å². The van der Waals surface area contributed by atoms with Crippen LogP contribution >= 0.6 is 11.8 Å².